The number of nitrogen functional groups attached to an aromatic ring is 1. The minimum atomic E-state index is 0.0874. The monoisotopic (exact) mass is 283 g/mol. The summed E-state index contributed by atoms with van der Waals surface area (Å²) in [6.45, 7) is 2.03. The standard InChI is InChI=1S/C12H14ClN3OS/c1-7(9-4-5-10(13)18-9)15-12-8(14)3-6-11(16-12)17-2/h3-7H,14H2,1-2H3,(H,15,16). The van der Waals surface area contributed by atoms with Gasteiger partial charge in [0, 0.05) is 10.9 Å². The summed E-state index contributed by atoms with van der Waals surface area (Å²) in [7, 11) is 1.57. The number of thiophene rings is 1. The first-order chi connectivity index (χ1) is 8.60. The summed E-state index contributed by atoms with van der Waals surface area (Å²) >= 11 is 7.45. The van der Waals surface area contributed by atoms with E-state index >= 15 is 0 Å². The van der Waals surface area contributed by atoms with Crippen LogP contribution in [0.4, 0.5) is 11.5 Å². The lowest BCUT2D eigenvalue weighted by atomic mass is 10.2. The lowest BCUT2D eigenvalue weighted by molar-refractivity contribution is 0.398. The van der Waals surface area contributed by atoms with Gasteiger partial charge < -0.3 is 15.8 Å². The van der Waals surface area contributed by atoms with Gasteiger partial charge >= 0.3 is 0 Å². The van der Waals surface area contributed by atoms with Gasteiger partial charge in [-0.2, -0.15) is 4.98 Å². The van der Waals surface area contributed by atoms with Gasteiger partial charge in [-0.1, -0.05) is 11.6 Å². The molecule has 6 heteroatoms. The second-order valence-electron chi connectivity index (χ2n) is 3.80. The third-order valence-corrected chi connectivity index (χ3v) is 3.90. The van der Waals surface area contributed by atoms with Crippen molar-refractivity contribution in [2.24, 2.45) is 0 Å². The van der Waals surface area contributed by atoms with E-state index in [-0.39, 0.29) is 6.04 Å². The van der Waals surface area contributed by atoms with Crippen molar-refractivity contribution in [3.63, 3.8) is 0 Å². The fourth-order valence-electron chi connectivity index (χ4n) is 1.52. The molecule has 1 unspecified atom stereocenters. The number of nitrogens with one attached hydrogen (secondary N) is 1. The number of anilines is 2. The normalized spacial score (nSPS) is 12.2. The average molecular weight is 284 g/mol. The van der Waals surface area contributed by atoms with Gasteiger partial charge in [0.05, 0.1) is 23.2 Å². The van der Waals surface area contributed by atoms with Gasteiger partial charge in [-0.05, 0) is 25.1 Å². The summed E-state index contributed by atoms with van der Waals surface area (Å²) in [5.41, 5.74) is 6.46. The molecular weight excluding hydrogens is 270 g/mol. The average Bonchev–Trinajstić information content (AvgIpc) is 2.79. The Bertz CT molecular complexity index is 544. The highest BCUT2D eigenvalue weighted by molar-refractivity contribution is 7.16. The number of nitrogens with zero attached hydrogens (tertiary/aromatic N) is 1. The lowest BCUT2D eigenvalue weighted by Gasteiger charge is -2.15. The predicted octanol–water partition coefficient (Wildman–Crippen LogP) is 3.56. The van der Waals surface area contributed by atoms with Crippen molar-refractivity contribution in [3.8, 4) is 5.88 Å². The molecule has 0 saturated carbocycles. The molecule has 2 heterocycles. The quantitative estimate of drug-likeness (QED) is 0.901. The lowest BCUT2D eigenvalue weighted by Crippen LogP contribution is -2.09. The van der Waals surface area contributed by atoms with E-state index in [2.05, 4.69) is 10.3 Å². The molecule has 2 aromatic heterocycles. The van der Waals surface area contributed by atoms with Gasteiger partial charge in [0.25, 0.3) is 0 Å². The van der Waals surface area contributed by atoms with Crippen LogP contribution in [0.1, 0.15) is 17.8 Å². The van der Waals surface area contributed by atoms with E-state index in [4.69, 9.17) is 22.1 Å². The maximum atomic E-state index is 5.92. The van der Waals surface area contributed by atoms with Crippen molar-refractivity contribution >= 4 is 34.4 Å². The molecule has 2 rings (SSSR count). The molecule has 0 saturated heterocycles. The van der Waals surface area contributed by atoms with Crippen molar-refractivity contribution in [2.75, 3.05) is 18.2 Å². The Kier molecular flexibility index (Phi) is 3.93. The zero-order chi connectivity index (χ0) is 13.1. The van der Waals surface area contributed by atoms with E-state index in [1.807, 2.05) is 19.1 Å². The van der Waals surface area contributed by atoms with Crippen molar-refractivity contribution < 1.29 is 4.74 Å². The molecular formula is C12H14ClN3OS. The summed E-state index contributed by atoms with van der Waals surface area (Å²) in [5.74, 6) is 1.15. The van der Waals surface area contributed by atoms with E-state index < -0.39 is 0 Å². The topological polar surface area (TPSA) is 60.2 Å². The fourth-order valence-corrected chi connectivity index (χ4v) is 2.58. The summed E-state index contributed by atoms with van der Waals surface area (Å²) in [6.07, 6.45) is 0. The maximum Gasteiger partial charge on any atom is 0.215 e. The maximum absolute atomic E-state index is 5.92. The van der Waals surface area contributed by atoms with E-state index in [9.17, 15) is 0 Å². The Morgan fingerprint density at radius 1 is 1.39 bits per heavy atom. The number of hydrogen-bond acceptors (Lipinski definition) is 5. The molecule has 0 aromatic carbocycles. The van der Waals surface area contributed by atoms with Crippen LogP contribution in [0.15, 0.2) is 24.3 Å². The van der Waals surface area contributed by atoms with Crippen LogP contribution >= 0.6 is 22.9 Å². The van der Waals surface area contributed by atoms with E-state index in [1.54, 1.807) is 19.2 Å². The highest BCUT2D eigenvalue weighted by Gasteiger charge is 2.11. The van der Waals surface area contributed by atoms with Gasteiger partial charge in [0.2, 0.25) is 5.88 Å². The van der Waals surface area contributed by atoms with Crippen LogP contribution in [-0.2, 0) is 0 Å². The van der Waals surface area contributed by atoms with Crippen LogP contribution in [0.3, 0.4) is 0 Å². The molecule has 0 spiro atoms. The zero-order valence-electron chi connectivity index (χ0n) is 10.1. The largest absolute Gasteiger partial charge is 0.481 e. The summed E-state index contributed by atoms with van der Waals surface area (Å²) in [6, 6.07) is 7.45. The van der Waals surface area contributed by atoms with Crippen LogP contribution < -0.4 is 15.8 Å². The fraction of sp³-hybridized carbons (Fsp3) is 0.250. The molecule has 0 amide bonds. The number of aromatic nitrogens is 1. The molecule has 0 fully saturated rings. The van der Waals surface area contributed by atoms with Gasteiger partial charge in [-0.15, -0.1) is 11.3 Å². The predicted molar refractivity (Wildman–Crippen MR) is 76.6 cm³/mol. The van der Waals surface area contributed by atoms with Crippen LogP contribution in [0.2, 0.25) is 4.34 Å². The highest BCUT2D eigenvalue weighted by atomic mass is 35.5. The molecule has 0 aliphatic heterocycles. The minimum Gasteiger partial charge on any atom is -0.481 e. The van der Waals surface area contributed by atoms with E-state index in [0.29, 0.717) is 17.4 Å². The number of pyridine rings is 1. The number of ether oxygens (including phenoxy) is 1. The van der Waals surface area contributed by atoms with E-state index in [0.717, 1.165) is 9.21 Å². The Hall–Kier alpha value is -1.46. The molecule has 0 radical (unpaired) electrons. The molecule has 2 aromatic rings. The number of methoxy groups -OCH3 is 1. The molecule has 96 valence electrons. The molecule has 3 N–H and O–H groups in total. The molecule has 4 nitrogen and oxygen atoms in total. The second kappa shape index (κ2) is 5.46. The van der Waals surface area contributed by atoms with Gasteiger partial charge in [-0.25, -0.2) is 0 Å². The van der Waals surface area contributed by atoms with Crippen LogP contribution in [0, 0.1) is 0 Å². The number of hydrogen-bond donors (Lipinski definition) is 2. The summed E-state index contributed by atoms with van der Waals surface area (Å²) in [4.78, 5) is 5.41. The van der Waals surface area contributed by atoms with Crippen LogP contribution in [0.25, 0.3) is 0 Å². The van der Waals surface area contributed by atoms with Crippen molar-refractivity contribution in [1.29, 1.82) is 0 Å². The summed E-state index contributed by atoms with van der Waals surface area (Å²) in [5, 5.41) is 3.25. The first kappa shape index (κ1) is 13.0. The molecule has 0 aliphatic carbocycles. The van der Waals surface area contributed by atoms with Crippen LogP contribution in [-0.4, -0.2) is 12.1 Å². The van der Waals surface area contributed by atoms with Crippen molar-refractivity contribution in [2.45, 2.75) is 13.0 Å². The number of nitrogens with two attached hydrogens (primary N) is 1. The Morgan fingerprint density at radius 3 is 2.78 bits per heavy atom. The second-order valence-corrected chi connectivity index (χ2v) is 5.55. The van der Waals surface area contributed by atoms with Gasteiger partial charge in [0.1, 0.15) is 0 Å². The molecule has 0 aliphatic rings. The SMILES string of the molecule is COc1ccc(N)c(NC(C)c2ccc(Cl)s2)n1. The number of rotatable bonds is 4. The van der Waals surface area contributed by atoms with Gasteiger partial charge in [0.15, 0.2) is 5.82 Å². The first-order valence-electron chi connectivity index (χ1n) is 5.42. The Labute approximate surface area is 115 Å². The van der Waals surface area contributed by atoms with Gasteiger partial charge in [-0.3, -0.25) is 0 Å². The number of halogens is 1. The highest BCUT2D eigenvalue weighted by Crippen LogP contribution is 2.30. The third kappa shape index (κ3) is 2.86. The Morgan fingerprint density at radius 2 is 2.17 bits per heavy atom. The zero-order valence-corrected chi connectivity index (χ0v) is 11.7. The van der Waals surface area contributed by atoms with E-state index in [1.165, 1.54) is 11.3 Å². The molecule has 1 atom stereocenters. The minimum absolute atomic E-state index is 0.0874. The smallest absolute Gasteiger partial charge is 0.215 e. The molecule has 18 heavy (non-hydrogen) atoms. The molecule has 0 bridgehead atoms. The first-order valence-corrected chi connectivity index (χ1v) is 6.62. The third-order valence-electron chi connectivity index (χ3n) is 2.48. The van der Waals surface area contributed by atoms with Crippen molar-refractivity contribution in [1.82, 2.24) is 4.98 Å². The van der Waals surface area contributed by atoms with Crippen LogP contribution in [0.5, 0.6) is 5.88 Å². The van der Waals surface area contributed by atoms with Crippen molar-refractivity contribution in [3.05, 3.63) is 33.5 Å². The summed E-state index contributed by atoms with van der Waals surface area (Å²) < 4.78 is 5.84. The Balaban J connectivity index is 2.18.